The number of hydrogen-bond acceptors (Lipinski definition) is 4. The first-order valence-electron chi connectivity index (χ1n) is 9.61. The zero-order valence-electron chi connectivity index (χ0n) is 17.0. The maximum absolute atomic E-state index is 11.7. The van der Waals surface area contributed by atoms with E-state index in [-0.39, 0.29) is 11.3 Å². The van der Waals surface area contributed by atoms with E-state index >= 15 is 0 Å². The summed E-state index contributed by atoms with van der Waals surface area (Å²) >= 11 is 4.92. The molecule has 0 saturated carbocycles. The van der Waals surface area contributed by atoms with Gasteiger partial charge in [0.1, 0.15) is 17.2 Å². The van der Waals surface area contributed by atoms with Crippen LogP contribution in [0.1, 0.15) is 38.3 Å². The van der Waals surface area contributed by atoms with Gasteiger partial charge in [-0.25, -0.2) is 0 Å². The maximum Gasteiger partial charge on any atom is 0.273 e. The third-order valence-corrected chi connectivity index (χ3v) is 4.66. The van der Waals surface area contributed by atoms with Crippen molar-refractivity contribution in [2.45, 2.75) is 32.6 Å². The van der Waals surface area contributed by atoms with Crippen molar-refractivity contribution in [3.05, 3.63) is 65.4 Å². The Balaban J connectivity index is 1.40. The van der Waals surface area contributed by atoms with E-state index in [0.29, 0.717) is 24.0 Å². The van der Waals surface area contributed by atoms with Gasteiger partial charge < -0.3 is 14.8 Å². The first kappa shape index (κ1) is 20.9. The van der Waals surface area contributed by atoms with E-state index in [1.807, 2.05) is 36.4 Å². The van der Waals surface area contributed by atoms with Gasteiger partial charge >= 0.3 is 0 Å². The van der Waals surface area contributed by atoms with E-state index in [9.17, 15) is 4.79 Å². The number of rotatable bonds is 7. The summed E-state index contributed by atoms with van der Waals surface area (Å²) in [6.45, 7) is 7.75. The Morgan fingerprint density at radius 3 is 1.93 bits per heavy atom. The average molecular weight is 411 g/mol. The van der Waals surface area contributed by atoms with Gasteiger partial charge in [0, 0.05) is 6.42 Å². The molecule has 0 aliphatic carbocycles. The van der Waals surface area contributed by atoms with Crippen molar-refractivity contribution in [3.8, 4) is 11.5 Å². The Bertz CT molecular complexity index is 897. The zero-order chi connectivity index (χ0) is 20.9. The molecule has 0 radical (unpaired) electrons. The summed E-state index contributed by atoms with van der Waals surface area (Å²) in [5, 5.41) is 5.69. The van der Waals surface area contributed by atoms with Crippen LogP contribution in [-0.2, 0) is 10.2 Å². The molecule has 1 saturated heterocycles. The largest absolute Gasteiger partial charge is 0.493 e. The highest BCUT2D eigenvalue weighted by molar-refractivity contribution is 7.80. The van der Waals surface area contributed by atoms with Crippen molar-refractivity contribution in [1.82, 2.24) is 10.6 Å². The minimum atomic E-state index is -0.219. The molecule has 2 aromatic rings. The number of thiocarbonyl (C=S) groups is 1. The van der Waals surface area contributed by atoms with E-state index in [4.69, 9.17) is 21.7 Å². The lowest BCUT2D eigenvalue weighted by molar-refractivity contribution is -0.115. The second-order valence-electron chi connectivity index (χ2n) is 7.86. The number of amides is 1. The van der Waals surface area contributed by atoms with Crippen LogP contribution >= 0.6 is 12.2 Å². The highest BCUT2D eigenvalue weighted by Crippen LogP contribution is 2.24. The van der Waals surface area contributed by atoms with E-state index < -0.39 is 0 Å². The van der Waals surface area contributed by atoms with Gasteiger partial charge in [-0.15, -0.1) is 0 Å². The molecule has 1 aliphatic rings. The molecule has 1 amide bonds. The summed E-state index contributed by atoms with van der Waals surface area (Å²) in [6.07, 6.45) is 2.53. The molecule has 29 heavy (non-hydrogen) atoms. The summed E-state index contributed by atoms with van der Waals surface area (Å²) in [7, 11) is 0. The molecule has 5 nitrogen and oxygen atoms in total. The standard InChI is InChI=1S/C23H26N2O3S/c1-23(2,3)17-7-11-19(12-8-17)28-14-4-13-27-18-9-5-16(6-10-18)15-20-21(26)25-22(29)24-20/h5-12,15H,4,13-14H2,1-3H3,(H2,24,25,26,29). The number of carbonyl (C=O) groups is 1. The van der Waals surface area contributed by atoms with Crippen LogP contribution in [0.2, 0.25) is 0 Å². The smallest absolute Gasteiger partial charge is 0.273 e. The van der Waals surface area contributed by atoms with Gasteiger partial charge in [-0.1, -0.05) is 45.0 Å². The van der Waals surface area contributed by atoms with Gasteiger partial charge in [0.15, 0.2) is 5.11 Å². The number of hydrogen-bond donors (Lipinski definition) is 2. The molecule has 1 aliphatic heterocycles. The summed E-state index contributed by atoms with van der Waals surface area (Å²) in [6, 6.07) is 15.8. The summed E-state index contributed by atoms with van der Waals surface area (Å²) in [5.41, 5.74) is 2.77. The molecule has 152 valence electrons. The van der Waals surface area contributed by atoms with E-state index in [2.05, 4.69) is 43.5 Å². The van der Waals surface area contributed by atoms with Crippen molar-refractivity contribution < 1.29 is 14.3 Å². The zero-order valence-corrected chi connectivity index (χ0v) is 17.8. The molecule has 0 aromatic heterocycles. The molecular formula is C23H26N2O3S. The van der Waals surface area contributed by atoms with Gasteiger partial charge in [-0.2, -0.15) is 0 Å². The molecule has 2 aromatic carbocycles. The SMILES string of the molecule is CC(C)(C)c1ccc(OCCCOc2ccc(C=C3NC(=S)NC3=O)cc2)cc1. The maximum atomic E-state index is 11.7. The molecule has 0 atom stereocenters. The third-order valence-electron chi connectivity index (χ3n) is 4.46. The molecule has 0 unspecified atom stereocenters. The second kappa shape index (κ2) is 9.09. The Morgan fingerprint density at radius 2 is 1.45 bits per heavy atom. The van der Waals surface area contributed by atoms with Crippen LogP contribution in [0.5, 0.6) is 11.5 Å². The first-order chi connectivity index (χ1) is 13.8. The molecular weight excluding hydrogens is 384 g/mol. The Morgan fingerprint density at radius 1 is 0.897 bits per heavy atom. The van der Waals surface area contributed by atoms with Crippen LogP contribution in [0.3, 0.4) is 0 Å². The first-order valence-corrected chi connectivity index (χ1v) is 10.0. The van der Waals surface area contributed by atoms with Gasteiger partial charge in [0.2, 0.25) is 0 Å². The topological polar surface area (TPSA) is 59.6 Å². The minimum absolute atomic E-state index is 0.144. The van der Waals surface area contributed by atoms with Crippen LogP contribution in [0.4, 0.5) is 0 Å². The van der Waals surface area contributed by atoms with Crippen LogP contribution in [0.15, 0.2) is 54.2 Å². The number of ether oxygens (including phenoxy) is 2. The van der Waals surface area contributed by atoms with Gasteiger partial charge in [0.05, 0.1) is 13.2 Å². The fourth-order valence-electron chi connectivity index (χ4n) is 2.80. The monoisotopic (exact) mass is 410 g/mol. The van der Waals surface area contributed by atoms with Gasteiger partial charge in [0.25, 0.3) is 5.91 Å². The highest BCUT2D eigenvalue weighted by atomic mass is 32.1. The van der Waals surface area contributed by atoms with Crippen molar-refractivity contribution in [2.75, 3.05) is 13.2 Å². The molecule has 0 bridgehead atoms. The third kappa shape index (κ3) is 6.06. The lowest BCUT2D eigenvalue weighted by Crippen LogP contribution is -2.21. The number of carbonyl (C=O) groups excluding carboxylic acids is 1. The molecule has 1 heterocycles. The van der Waals surface area contributed by atoms with E-state index in [0.717, 1.165) is 23.5 Å². The number of nitrogens with one attached hydrogen (secondary N) is 2. The van der Waals surface area contributed by atoms with Crippen molar-refractivity contribution in [3.63, 3.8) is 0 Å². The number of benzene rings is 2. The molecule has 3 rings (SSSR count). The lowest BCUT2D eigenvalue weighted by Gasteiger charge is -2.19. The minimum Gasteiger partial charge on any atom is -0.493 e. The van der Waals surface area contributed by atoms with Crippen molar-refractivity contribution in [2.24, 2.45) is 0 Å². The predicted octanol–water partition coefficient (Wildman–Crippen LogP) is 4.18. The fourth-order valence-corrected chi connectivity index (χ4v) is 3.00. The van der Waals surface area contributed by atoms with Crippen molar-refractivity contribution >= 4 is 29.3 Å². The Hall–Kier alpha value is -2.86. The quantitative estimate of drug-likeness (QED) is 0.407. The normalized spacial score (nSPS) is 15.2. The summed E-state index contributed by atoms with van der Waals surface area (Å²) < 4.78 is 11.5. The van der Waals surface area contributed by atoms with E-state index in [1.165, 1.54) is 5.56 Å². The average Bonchev–Trinajstić information content (AvgIpc) is 2.99. The predicted molar refractivity (Wildman–Crippen MR) is 119 cm³/mol. The molecule has 1 fully saturated rings. The second-order valence-corrected chi connectivity index (χ2v) is 8.27. The lowest BCUT2D eigenvalue weighted by atomic mass is 9.87. The highest BCUT2D eigenvalue weighted by Gasteiger charge is 2.19. The summed E-state index contributed by atoms with van der Waals surface area (Å²) in [4.78, 5) is 11.7. The fraction of sp³-hybridized carbons (Fsp3) is 0.304. The van der Waals surface area contributed by atoms with Crippen LogP contribution in [0, 0.1) is 0 Å². The molecule has 0 spiro atoms. The molecule has 2 N–H and O–H groups in total. The van der Waals surface area contributed by atoms with E-state index in [1.54, 1.807) is 6.08 Å². The van der Waals surface area contributed by atoms with Crippen LogP contribution in [-0.4, -0.2) is 24.2 Å². The van der Waals surface area contributed by atoms with Crippen LogP contribution in [0.25, 0.3) is 6.08 Å². The van der Waals surface area contributed by atoms with Gasteiger partial charge in [-0.05, 0) is 59.1 Å². The Kier molecular flexibility index (Phi) is 6.54. The van der Waals surface area contributed by atoms with Crippen LogP contribution < -0.4 is 20.1 Å². The Labute approximate surface area is 177 Å². The summed E-state index contributed by atoms with van der Waals surface area (Å²) in [5.74, 6) is 1.43. The molecule has 6 heteroatoms. The van der Waals surface area contributed by atoms with Crippen molar-refractivity contribution in [1.29, 1.82) is 0 Å². The van der Waals surface area contributed by atoms with Gasteiger partial charge in [-0.3, -0.25) is 10.1 Å².